The van der Waals surface area contributed by atoms with Crippen LogP contribution in [0.3, 0.4) is 0 Å². The molecule has 0 aromatic heterocycles. The fourth-order valence-corrected chi connectivity index (χ4v) is 2.81. The Morgan fingerprint density at radius 2 is 1.75 bits per heavy atom. The first kappa shape index (κ1) is 18.3. The van der Waals surface area contributed by atoms with Crippen molar-refractivity contribution in [1.29, 1.82) is 0 Å². The molecule has 0 heterocycles. The molecule has 0 aliphatic carbocycles. The molecule has 0 aliphatic heterocycles. The second-order valence-electron chi connectivity index (χ2n) is 5.83. The SMILES string of the molecule is CCc1ccc(C(CO)NC(C)c2ccc(OC)cc2OC)cc1. The maximum absolute atomic E-state index is 9.80. The van der Waals surface area contributed by atoms with E-state index in [0.29, 0.717) is 0 Å². The molecule has 2 N–H and O–H groups in total. The Hall–Kier alpha value is -2.04. The van der Waals surface area contributed by atoms with Gasteiger partial charge in [0.2, 0.25) is 0 Å². The molecule has 0 radical (unpaired) electrons. The van der Waals surface area contributed by atoms with E-state index in [4.69, 9.17) is 9.47 Å². The highest BCUT2D eigenvalue weighted by atomic mass is 16.5. The van der Waals surface area contributed by atoms with Crippen LogP contribution in [0, 0.1) is 0 Å². The van der Waals surface area contributed by atoms with Crippen molar-refractivity contribution in [1.82, 2.24) is 5.32 Å². The smallest absolute Gasteiger partial charge is 0.127 e. The summed E-state index contributed by atoms with van der Waals surface area (Å²) in [5, 5.41) is 13.3. The molecule has 2 atom stereocenters. The van der Waals surface area contributed by atoms with Gasteiger partial charge in [0.15, 0.2) is 0 Å². The zero-order chi connectivity index (χ0) is 17.5. The fraction of sp³-hybridized carbons (Fsp3) is 0.400. The highest BCUT2D eigenvalue weighted by Gasteiger charge is 2.18. The molecule has 0 saturated carbocycles. The number of methoxy groups -OCH3 is 2. The van der Waals surface area contributed by atoms with Gasteiger partial charge in [0.1, 0.15) is 11.5 Å². The van der Waals surface area contributed by atoms with Crippen molar-refractivity contribution in [2.75, 3.05) is 20.8 Å². The van der Waals surface area contributed by atoms with Crippen LogP contribution in [0.25, 0.3) is 0 Å². The van der Waals surface area contributed by atoms with Gasteiger partial charge in [-0.25, -0.2) is 0 Å². The molecule has 0 aliphatic rings. The van der Waals surface area contributed by atoms with Gasteiger partial charge in [-0.3, -0.25) is 0 Å². The van der Waals surface area contributed by atoms with Crippen molar-refractivity contribution < 1.29 is 14.6 Å². The van der Waals surface area contributed by atoms with Crippen molar-refractivity contribution in [2.24, 2.45) is 0 Å². The Kier molecular flexibility index (Phi) is 6.64. The van der Waals surface area contributed by atoms with Crippen molar-refractivity contribution in [2.45, 2.75) is 32.4 Å². The fourth-order valence-electron chi connectivity index (χ4n) is 2.81. The monoisotopic (exact) mass is 329 g/mol. The van der Waals surface area contributed by atoms with E-state index in [1.165, 1.54) is 5.56 Å². The van der Waals surface area contributed by atoms with Gasteiger partial charge in [-0.2, -0.15) is 0 Å². The van der Waals surface area contributed by atoms with E-state index < -0.39 is 0 Å². The van der Waals surface area contributed by atoms with Gasteiger partial charge < -0.3 is 19.9 Å². The third-order valence-electron chi connectivity index (χ3n) is 4.33. The second kappa shape index (κ2) is 8.71. The summed E-state index contributed by atoms with van der Waals surface area (Å²) in [5.41, 5.74) is 3.40. The van der Waals surface area contributed by atoms with Crippen molar-refractivity contribution >= 4 is 0 Å². The van der Waals surface area contributed by atoms with Crippen molar-refractivity contribution in [3.8, 4) is 11.5 Å². The zero-order valence-electron chi connectivity index (χ0n) is 14.9. The lowest BCUT2D eigenvalue weighted by Gasteiger charge is -2.24. The van der Waals surface area contributed by atoms with Crippen molar-refractivity contribution in [3.63, 3.8) is 0 Å². The van der Waals surface area contributed by atoms with Gasteiger partial charge >= 0.3 is 0 Å². The number of aliphatic hydroxyl groups is 1. The van der Waals surface area contributed by atoms with Crippen molar-refractivity contribution in [3.05, 3.63) is 59.2 Å². The number of benzene rings is 2. The average molecular weight is 329 g/mol. The summed E-state index contributed by atoms with van der Waals surface area (Å²) in [6, 6.07) is 14.0. The number of aryl methyl sites for hydroxylation is 1. The maximum atomic E-state index is 9.80. The summed E-state index contributed by atoms with van der Waals surface area (Å²) in [7, 11) is 3.29. The Bertz CT molecular complexity index is 640. The van der Waals surface area contributed by atoms with Crippen LogP contribution < -0.4 is 14.8 Å². The van der Waals surface area contributed by atoms with Crippen LogP contribution in [0.1, 0.15) is 42.6 Å². The van der Waals surface area contributed by atoms with Gasteiger partial charge in [0.25, 0.3) is 0 Å². The number of nitrogens with one attached hydrogen (secondary N) is 1. The molecular formula is C20H27NO3. The van der Waals surface area contributed by atoms with Crippen LogP contribution >= 0.6 is 0 Å². The van der Waals surface area contributed by atoms with Crippen LogP contribution in [0.2, 0.25) is 0 Å². The van der Waals surface area contributed by atoms with E-state index in [0.717, 1.165) is 29.0 Å². The highest BCUT2D eigenvalue weighted by Crippen LogP contribution is 2.30. The first-order valence-corrected chi connectivity index (χ1v) is 8.30. The molecule has 0 amide bonds. The minimum absolute atomic E-state index is 0.0221. The maximum Gasteiger partial charge on any atom is 0.127 e. The van der Waals surface area contributed by atoms with Crippen LogP contribution in [-0.4, -0.2) is 25.9 Å². The number of hydrogen-bond acceptors (Lipinski definition) is 4. The summed E-state index contributed by atoms with van der Waals surface area (Å²) in [5.74, 6) is 1.53. The van der Waals surface area contributed by atoms with Crippen LogP contribution in [0.5, 0.6) is 11.5 Å². The molecule has 0 bridgehead atoms. The van der Waals surface area contributed by atoms with E-state index in [9.17, 15) is 5.11 Å². The molecular weight excluding hydrogens is 302 g/mol. The molecule has 2 rings (SSSR count). The standard InChI is InChI=1S/C20H27NO3/c1-5-15-6-8-16(9-7-15)19(13-22)21-14(2)18-11-10-17(23-3)12-20(18)24-4/h6-12,14,19,21-22H,5,13H2,1-4H3. The number of hydrogen-bond donors (Lipinski definition) is 2. The van der Waals surface area contributed by atoms with Gasteiger partial charge in [0, 0.05) is 17.7 Å². The number of aliphatic hydroxyl groups excluding tert-OH is 1. The molecule has 2 unspecified atom stereocenters. The lowest BCUT2D eigenvalue weighted by Crippen LogP contribution is -2.27. The minimum Gasteiger partial charge on any atom is -0.497 e. The average Bonchev–Trinajstić information content (AvgIpc) is 2.65. The quantitative estimate of drug-likeness (QED) is 0.776. The predicted octanol–water partition coefficient (Wildman–Crippen LogP) is 3.65. The molecule has 2 aromatic rings. The zero-order valence-corrected chi connectivity index (χ0v) is 14.9. The minimum atomic E-state index is -0.127. The second-order valence-corrected chi connectivity index (χ2v) is 5.83. The molecule has 24 heavy (non-hydrogen) atoms. The summed E-state index contributed by atoms with van der Waals surface area (Å²) in [6.07, 6.45) is 1.01. The van der Waals surface area contributed by atoms with Gasteiger partial charge in [0.05, 0.1) is 26.9 Å². The van der Waals surface area contributed by atoms with E-state index in [-0.39, 0.29) is 18.7 Å². The first-order chi connectivity index (χ1) is 11.6. The highest BCUT2D eigenvalue weighted by molar-refractivity contribution is 5.42. The normalized spacial score (nSPS) is 13.4. The number of rotatable bonds is 8. The van der Waals surface area contributed by atoms with Gasteiger partial charge in [-0.1, -0.05) is 37.3 Å². The largest absolute Gasteiger partial charge is 0.497 e. The summed E-state index contributed by atoms with van der Waals surface area (Å²) < 4.78 is 10.7. The van der Waals surface area contributed by atoms with E-state index in [1.807, 2.05) is 18.2 Å². The lowest BCUT2D eigenvalue weighted by atomic mass is 10.0. The molecule has 0 fully saturated rings. The van der Waals surface area contributed by atoms with Crippen LogP contribution in [0.4, 0.5) is 0 Å². The molecule has 0 saturated heterocycles. The molecule has 0 spiro atoms. The lowest BCUT2D eigenvalue weighted by molar-refractivity contribution is 0.234. The Morgan fingerprint density at radius 1 is 1.04 bits per heavy atom. The number of ether oxygens (including phenoxy) is 2. The molecule has 2 aromatic carbocycles. The molecule has 4 nitrogen and oxygen atoms in total. The first-order valence-electron chi connectivity index (χ1n) is 8.30. The van der Waals surface area contributed by atoms with Crippen LogP contribution in [0.15, 0.2) is 42.5 Å². The molecule has 4 heteroatoms. The van der Waals surface area contributed by atoms with E-state index >= 15 is 0 Å². The molecule has 130 valence electrons. The summed E-state index contributed by atoms with van der Waals surface area (Å²) >= 11 is 0. The third kappa shape index (κ3) is 4.28. The summed E-state index contributed by atoms with van der Waals surface area (Å²) in [6.45, 7) is 4.23. The van der Waals surface area contributed by atoms with Crippen LogP contribution in [-0.2, 0) is 6.42 Å². The predicted molar refractivity (Wildman–Crippen MR) is 96.7 cm³/mol. The van der Waals surface area contributed by atoms with Gasteiger partial charge in [-0.05, 0) is 30.5 Å². The van der Waals surface area contributed by atoms with Gasteiger partial charge in [-0.15, -0.1) is 0 Å². The Morgan fingerprint density at radius 3 is 2.29 bits per heavy atom. The Balaban J connectivity index is 2.17. The Labute approximate surface area is 144 Å². The van der Waals surface area contributed by atoms with E-state index in [2.05, 4.69) is 43.4 Å². The summed E-state index contributed by atoms with van der Waals surface area (Å²) in [4.78, 5) is 0. The van der Waals surface area contributed by atoms with E-state index in [1.54, 1.807) is 14.2 Å². The topological polar surface area (TPSA) is 50.7 Å². The third-order valence-corrected chi connectivity index (χ3v) is 4.33.